The molecule has 0 aliphatic heterocycles. The minimum atomic E-state index is -4.93. The summed E-state index contributed by atoms with van der Waals surface area (Å²) in [7, 11) is -9.63. The summed E-state index contributed by atoms with van der Waals surface area (Å²) in [6.07, 6.45) is 0. The van der Waals surface area contributed by atoms with Crippen LogP contribution in [0.1, 0.15) is 54.1 Å². The van der Waals surface area contributed by atoms with E-state index in [1.165, 1.54) is 0 Å². The predicted molar refractivity (Wildman–Crippen MR) is 137 cm³/mol. The molecule has 4 rings (SSSR count). The smallest absolute Gasteiger partial charge is 0.296 e. The standard InChI is InChI=1S/C24H23N3O8S2/c1-9-11(3)22(12(4)10(2)20(9)25)27-16-8-17(37(33,34)35)21(26)19-18(16)24(29)15-7-13(36(30,31)32)5-6-14(15)23(19)28/h5-8,27H,25-26H2,1-4H3,(H,30,31,32)(H,33,34,35). The van der Waals surface area contributed by atoms with Gasteiger partial charge in [0, 0.05) is 22.5 Å². The zero-order valence-corrected chi connectivity index (χ0v) is 21.8. The molecule has 37 heavy (non-hydrogen) atoms. The molecule has 0 aromatic heterocycles. The molecule has 3 aromatic carbocycles. The second-order valence-electron chi connectivity index (χ2n) is 8.82. The number of rotatable bonds is 4. The molecule has 0 fully saturated rings. The SMILES string of the molecule is Cc1c(C)c(Nc2cc(S(=O)(=O)O)c(N)c3c2C(=O)c2cc(S(=O)(=O)O)ccc2C3=O)c(C)c(C)c1N. The van der Waals surface area contributed by atoms with Gasteiger partial charge in [0.15, 0.2) is 11.6 Å². The number of nitrogens with two attached hydrogens (primary N) is 2. The van der Waals surface area contributed by atoms with Gasteiger partial charge in [-0.15, -0.1) is 0 Å². The fourth-order valence-electron chi connectivity index (χ4n) is 4.46. The van der Waals surface area contributed by atoms with Crippen molar-refractivity contribution >= 4 is 54.6 Å². The minimum Gasteiger partial charge on any atom is -0.398 e. The van der Waals surface area contributed by atoms with Crippen molar-refractivity contribution in [1.82, 2.24) is 0 Å². The van der Waals surface area contributed by atoms with Crippen LogP contribution in [-0.4, -0.2) is 37.5 Å². The van der Waals surface area contributed by atoms with Gasteiger partial charge in [-0.1, -0.05) is 0 Å². The van der Waals surface area contributed by atoms with Crippen molar-refractivity contribution in [2.45, 2.75) is 37.5 Å². The number of benzene rings is 3. The van der Waals surface area contributed by atoms with Crippen molar-refractivity contribution in [2.75, 3.05) is 16.8 Å². The maximum absolute atomic E-state index is 13.7. The van der Waals surface area contributed by atoms with E-state index in [9.17, 15) is 35.5 Å². The molecule has 1 aliphatic rings. The fourth-order valence-corrected chi connectivity index (χ4v) is 5.61. The summed E-state index contributed by atoms with van der Waals surface area (Å²) in [5, 5.41) is 3.02. The largest absolute Gasteiger partial charge is 0.398 e. The van der Waals surface area contributed by atoms with Crippen LogP contribution in [0.25, 0.3) is 0 Å². The molecule has 7 N–H and O–H groups in total. The van der Waals surface area contributed by atoms with Crippen molar-refractivity contribution in [2.24, 2.45) is 0 Å². The molecule has 0 atom stereocenters. The quantitative estimate of drug-likeness (QED) is 0.186. The van der Waals surface area contributed by atoms with E-state index in [0.29, 0.717) is 22.5 Å². The highest BCUT2D eigenvalue weighted by atomic mass is 32.2. The Morgan fingerprint density at radius 2 is 1.24 bits per heavy atom. The molecule has 3 aromatic rings. The van der Waals surface area contributed by atoms with Crippen molar-refractivity contribution < 1.29 is 35.5 Å². The van der Waals surface area contributed by atoms with E-state index in [1.54, 1.807) is 27.7 Å². The summed E-state index contributed by atoms with van der Waals surface area (Å²) in [5.41, 5.74) is 13.9. The summed E-state index contributed by atoms with van der Waals surface area (Å²) in [6, 6.07) is 3.75. The molecule has 0 bridgehead atoms. The van der Waals surface area contributed by atoms with E-state index < -0.39 is 52.8 Å². The average molecular weight is 546 g/mol. The Balaban J connectivity index is 2.08. The molecule has 0 amide bonds. The van der Waals surface area contributed by atoms with Gasteiger partial charge in [0.05, 0.1) is 27.4 Å². The first-order chi connectivity index (χ1) is 17.0. The summed E-state index contributed by atoms with van der Waals surface area (Å²) in [4.78, 5) is 25.7. The number of fused-ring (bicyclic) bond motifs is 2. The predicted octanol–water partition coefficient (Wildman–Crippen LogP) is 3.10. The van der Waals surface area contributed by atoms with Gasteiger partial charge >= 0.3 is 0 Å². The van der Waals surface area contributed by atoms with Gasteiger partial charge in [-0.05, 0) is 74.2 Å². The molecule has 13 heteroatoms. The highest BCUT2D eigenvalue weighted by Crippen LogP contribution is 2.42. The Bertz CT molecular complexity index is 1760. The normalized spacial score (nSPS) is 13.4. The van der Waals surface area contributed by atoms with Gasteiger partial charge in [-0.3, -0.25) is 18.7 Å². The van der Waals surface area contributed by atoms with E-state index in [-0.39, 0.29) is 22.4 Å². The third-order valence-corrected chi connectivity index (χ3v) is 8.53. The maximum atomic E-state index is 13.7. The number of anilines is 4. The zero-order valence-electron chi connectivity index (χ0n) is 20.1. The van der Waals surface area contributed by atoms with Crippen molar-refractivity contribution in [1.29, 1.82) is 0 Å². The lowest BCUT2D eigenvalue weighted by atomic mass is 9.82. The summed E-state index contributed by atoms with van der Waals surface area (Å²) in [6.45, 7) is 7.08. The minimum absolute atomic E-state index is 0.159. The van der Waals surface area contributed by atoms with Crippen molar-refractivity contribution in [3.8, 4) is 0 Å². The Kier molecular flexibility index (Phi) is 5.95. The molecule has 0 heterocycles. The second kappa shape index (κ2) is 8.38. The van der Waals surface area contributed by atoms with Gasteiger partial charge in [-0.25, -0.2) is 0 Å². The Morgan fingerprint density at radius 1 is 0.703 bits per heavy atom. The number of hydrogen-bond acceptors (Lipinski definition) is 9. The van der Waals surface area contributed by atoms with Gasteiger partial charge in [0.25, 0.3) is 20.2 Å². The third kappa shape index (κ3) is 4.05. The van der Waals surface area contributed by atoms with Gasteiger partial charge < -0.3 is 16.8 Å². The van der Waals surface area contributed by atoms with Crippen LogP contribution >= 0.6 is 0 Å². The van der Waals surface area contributed by atoms with Crippen LogP contribution < -0.4 is 16.8 Å². The van der Waals surface area contributed by atoms with Gasteiger partial charge in [0.1, 0.15) is 4.90 Å². The first kappa shape index (κ1) is 26.3. The fraction of sp³-hybridized carbons (Fsp3) is 0.167. The molecular weight excluding hydrogens is 522 g/mol. The third-order valence-electron chi connectivity index (χ3n) is 6.78. The zero-order chi connectivity index (χ0) is 27.8. The number of nitrogens with one attached hydrogen (secondary N) is 1. The molecule has 0 radical (unpaired) electrons. The highest BCUT2D eigenvalue weighted by molar-refractivity contribution is 7.86. The van der Waals surface area contributed by atoms with Crippen LogP contribution in [0, 0.1) is 27.7 Å². The Labute approximate surface area is 213 Å². The topological polar surface area (TPSA) is 207 Å². The van der Waals surface area contributed by atoms with Crippen LogP contribution in [0.2, 0.25) is 0 Å². The molecule has 0 unspecified atom stereocenters. The van der Waals surface area contributed by atoms with E-state index in [1.807, 2.05) is 0 Å². The number of carbonyl (C=O) groups is 2. The lowest BCUT2D eigenvalue weighted by Gasteiger charge is -2.26. The molecule has 194 valence electrons. The second-order valence-corrected chi connectivity index (χ2v) is 11.6. The molecule has 11 nitrogen and oxygen atoms in total. The first-order valence-corrected chi connectivity index (χ1v) is 13.6. The van der Waals surface area contributed by atoms with Crippen LogP contribution in [0.3, 0.4) is 0 Å². The van der Waals surface area contributed by atoms with E-state index in [4.69, 9.17) is 11.5 Å². The number of hydrogen-bond donors (Lipinski definition) is 5. The maximum Gasteiger partial charge on any atom is 0.296 e. The van der Waals surface area contributed by atoms with Crippen LogP contribution in [0.4, 0.5) is 22.7 Å². The van der Waals surface area contributed by atoms with Crippen LogP contribution in [-0.2, 0) is 20.2 Å². The molecule has 0 spiro atoms. The number of carbonyl (C=O) groups excluding carboxylic acids is 2. The van der Waals surface area contributed by atoms with Crippen molar-refractivity contribution in [3.63, 3.8) is 0 Å². The Hall–Kier alpha value is -3.78. The van der Waals surface area contributed by atoms with E-state index in [2.05, 4.69) is 5.32 Å². The molecular formula is C24H23N3O8S2. The summed E-state index contributed by atoms with van der Waals surface area (Å²) >= 11 is 0. The van der Waals surface area contributed by atoms with Crippen LogP contribution in [0.15, 0.2) is 34.1 Å². The Morgan fingerprint density at radius 3 is 1.76 bits per heavy atom. The lowest BCUT2D eigenvalue weighted by molar-refractivity contribution is 0.0980. The average Bonchev–Trinajstić information content (AvgIpc) is 2.81. The summed E-state index contributed by atoms with van der Waals surface area (Å²) in [5.74, 6) is -1.71. The number of ketones is 2. The first-order valence-electron chi connectivity index (χ1n) is 10.7. The van der Waals surface area contributed by atoms with Crippen LogP contribution in [0.5, 0.6) is 0 Å². The molecule has 0 saturated carbocycles. The number of nitrogen functional groups attached to an aromatic ring is 2. The molecule has 1 aliphatic carbocycles. The highest BCUT2D eigenvalue weighted by Gasteiger charge is 2.37. The van der Waals surface area contributed by atoms with E-state index in [0.717, 1.165) is 35.4 Å². The van der Waals surface area contributed by atoms with E-state index >= 15 is 0 Å². The molecule has 0 saturated heterocycles. The van der Waals surface area contributed by atoms with Crippen molar-refractivity contribution in [3.05, 3.63) is 68.8 Å². The van der Waals surface area contributed by atoms with Gasteiger partial charge in [0.2, 0.25) is 0 Å². The van der Waals surface area contributed by atoms with Gasteiger partial charge in [-0.2, -0.15) is 16.8 Å². The monoisotopic (exact) mass is 545 g/mol. The lowest BCUT2D eigenvalue weighted by Crippen LogP contribution is -2.25. The summed E-state index contributed by atoms with van der Waals surface area (Å²) < 4.78 is 66.9.